The van der Waals surface area contributed by atoms with Gasteiger partial charge in [0.25, 0.3) is 0 Å². The monoisotopic (exact) mass is 122 g/mol. The minimum absolute atomic E-state index is 0.446. The number of hydrogen-bond donors (Lipinski definition) is 0. The molecule has 0 aromatic heterocycles. The minimum atomic E-state index is 0.446. The largest absolute Gasteiger partial charge is 0.103 e. The molecule has 0 radical (unpaired) electrons. The second-order valence-electron chi connectivity index (χ2n) is 3.09. The van der Waals surface area contributed by atoms with Gasteiger partial charge in [-0.25, -0.2) is 0 Å². The van der Waals surface area contributed by atoms with Crippen molar-refractivity contribution in [2.45, 2.75) is 26.2 Å². The van der Waals surface area contributed by atoms with Gasteiger partial charge >= 0.3 is 0 Å². The lowest BCUT2D eigenvalue weighted by Gasteiger charge is -2.18. The van der Waals surface area contributed by atoms with Gasteiger partial charge in [0, 0.05) is 0 Å². The molecule has 0 bridgehead atoms. The highest BCUT2D eigenvalue weighted by atomic mass is 14.3. The summed E-state index contributed by atoms with van der Waals surface area (Å²) < 4.78 is 0. The molecule has 0 amide bonds. The van der Waals surface area contributed by atoms with Gasteiger partial charge in [-0.05, 0) is 24.7 Å². The molecule has 0 heteroatoms. The topological polar surface area (TPSA) is 0 Å². The highest BCUT2D eigenvalue weighted by Crippen LogP contribution is 2.34. The average Bonchev–Trinajstić information content (AvgIpc) is 2.16. The van der Waals surface area contributed by atoms with Crippen LogP contribution >= 0.6 is 0 Å². The van der Waals surface area contributed by atoms with Crippen LogP contribution in [0.4, 0.5) is 0 Å². The number of hydrogen-bond acceptors (Lipinski definition) is 0. The van der Waals surface area contributed by atoms with Crippen molar-refractivity contribution in [2.75, 3.05) is 0 Å². The van der Waals surface area contributed by atoms with Gasteiger partial charge < -0.3 is 0 Å². The van der Waals surface area contributed by atoms with Crippen molar-refractivity contribution >= 4 is 0 Å². The van der Waals surface area contributed by atoms with Crippen LogP contribution in [0.2, 0.25) is 0 Å². The smallest absolute Gasteiger partial charge is 0.0109 e. The SMILES string of the molecule is C=CCC1(C)C=CCC1. The zero-order valence-corrected chi connectivity index (χ0v) is 6.06. The third-order valence-electron chi connectivity index (χ3n) is 2.01. The lowest BCUT2D eigenvalue weighted by Crippen LogP contribution is -2.06. The summed E-state index contributed by atoms with van der Waals surface area (Å²) in [5.41, 5.74) is 0.446. The van der Waals surface area contributed by atoms with Crippen LogP contribution in [0, 0.1) is 5.41 Å². The third-order valence-corrected chi connectivity index (χ3v) is 2.01. The summed E-state index contributed by atoms with van der Waals surface area (Å²) in [4.78, 5) is 0. The Morgan fingerprint density at radius 2 is 2.56 bits per heavy atom. The van der Waals surface area contributed by atoms with E-state index in [1.54, 1.807) is 0 Å². The molecule has 0 spiro atoms. The quantitative estimate of drug-likeness (QED) is 0.494. The standard InChI is InChI=1S/C9H14/c1-3-6-9(2)7-4-5-8-9/h3-4,7H,1,5-6,8H2,2H3. The maximum atomic E-state index is 3.74. The molecule has 1 aliphatic rings. The molecule has 1 atom stereocenters. The molecule has 1 unspecified atom stereocenters. The van der Waals surface area contributed by atoms with Crippen molar-refractivity contribution in [1.29, 1.82) is 0 Å². The molecular formula is C9H14. The van der Waals surface area contributed by atoms with Crippen molar-refractivity contribution in [3.63, 3.8) is 0 Å². The first-order chi connectivity index (χ1) is 4.27. The molecule has 50 valence electrons. The van der Waals surface area contributed by atoms with Crippen molar-refractivity contribution in [1.82, 2.24) is 0 Å². The second kappa shape index (κ2) is 2.38. The van der Waals surface area contributed by atoms with E-state index in [1.165, 1.54) is 12.8 Å². The zero-order chi connectivity index (χ0) is 6.74. The van der Waals surface area contributed by atoms with Crippen LogP contribution in [0.1, 0.15) is 26.2 Å². The van der Waals surface area contributed by atoms with Gasteiger partial charge in [-0.2, -0.15) is 0 Å². The first-order valence-corrected chi connectivity index (χ1v) is 3.55. The van der Waals surface area contributed by atoms with E-state index < -0.39 is 0 Å². The predicted octanol–water partition coefficient (Wildman–Crippen LogP) is 2.92. The molecule has 0 N–H and O–H groups in total. The predicted molar refractivity (Wildman–Crippen MR) is 41.3 cm³/mol. The Hall–Kier alpha value is -0.520. The Morgan fingerprint density at radius 1 is 1.78 bits per heavy atom. The number of rotatable bonds is 2. The summed E-state index contributed by atoms with van der Waals surface area (Å²) in [6.07, 6.45) is 10.3. The summed E-state index contributed by atoms with van der Waals surface area (Å²) in [5.74, 6) is 0. The van der Waals surface area contributed by atoms with Crippen LogP contribution in [0.25, 0.3) is 0 Å². The van der Waals surface area contributed by atoms with E-state index in [-0.39, 0.29) is 0 Å². The molecule has 1 rings (SSSR count). The summed E-state index contributed by atoms with van der Waals surface area (Å²) in [7, 11) is 0. The first-order valence-electron chi connectivity index (χ1n) is 3.55. The van der Waals surface area contributed by atoms with Gasteiger partial charge in [0.1, 0.15) is 0 Å². The van der Waals surface area contributed by atoms with E-state index in [0.717, 1.165) is 6.42 Å². The lowest BCUT2D eigenvalue weighted by atomic mass is 9.87. The lowest BCUT2D eigenvalue weighted by molar-refractivity contribution is 0.426. The Balaban J connectivity index is 2.51. The maximum absolute atomic E-state index is 3.74. The molecule has 0 aromatic rings. The van der Waals surface area contributed by atoms with E-state index in [1.807, 2.05) is 6.08 Å². The van der Waals surface area contributed by atoms with Crippen molar-refractivity contribution in [3.8, 4) is 0 Å². The van der Waals surface area contributed by atoms with Gasteiger partial charge in [-0.1, -0.05) is 25.2 Å². The molecule has 0 heterocycles. The third kappa shape index (κ3) is 1.44. The van der Waals surface area contributed by atoms with Crippen LogP contribution in [0.5, 0.6) is 0 Å². The fourth-order valence-electron chi connectivity index (χ4n) is 1.36. The summed E-state index contributed by atoms with van der Waals surface area (Å²) in [6.45, 7) is 6.03. The summed E-state index contributed by atoms with van der Waals surface area (Å²) in [6, 6.07) is 0. The molecule has 9 heavy (non-hydrogen) atoms. The van der Waals surface area contributed by atoms with Crippen LogP contribution in [-0.4, -0.2) is 0 Å². The Kier molecular flexibility index (Phi) is 1.75. The van der Waals surface area contributed by atoms with Crippen LogP contribution in [0.3, 0.4) is 0 Å². The van der Waals surface area contributed by atoms with E-state index >= 15 is 0 Å². The van der Waals surface area contributed by atoms with E-state index in [0.29, 0.717) is 5.41 Å². The number of allylic oxidation sites excluding steroid dienone is 3. The molecule has 0 nitrogen and oxygen atoms in total. The van der Waals surface area contributed by atoms with Gasteiger partial charge in [0.05, 0.1) is 0 Å². The Morgan fingerprint density at radius 3 is 3.00 bits per heavy atom. The van der Waals surface area contributed by atoms with E-state index in [4.69, 9.17) is 0 Å². The van der Waals surface area contributed by atoms with Crippen molar-refractivity contribution in [3.05, 3.63) is 24.8 Å². The van der Waals surface area contributed by atoms with E-state index in [2.05, 4.69) is 25.7 Å². The zero-order valence-electron chi connectivity index (χ0n) is 6.06. The molecule has 0 aliphatic heterocycles. The van der Waals surface area contributed by atoms with Gasteiger partial charge in [-0.15, -0.1) is 6.58 Å². The molecular weight excluding hydrogens is 108 g/mol. The van der Waals surface area contributed by atoms with Crippen molar-refractivity contribution < 1.29 is 0 Å². The normalized spacial score (nSPS) is 33.0. The summed E-state index contributed by atoms with van der Waals surface area (Å²) >= 11 is 0. The van der Waals surface area contributed by atoms with E-state index in [9.17, 15) is 0 Å². The Labute approximate surface area is 57.3 Å². The van der Waals surface area contributed by atoms with Crippen molar-refractivity contribution in [2.24, 2.45) is 5.41 Å². The van der Waals surface area contributed by atoms with Gasteiger partial charge in [0.2, 0.25) is 0 Å². The Bertz CT molecular complexity index is 133. The molecule has 0 aromatic carbocycles. The van der Waals surface area contributed by atoms with Gasteiger partial charge in [-0.3, -0.25) is 0 Å². The first kappa shape index (κ1) is 6.60. The molecule has 0 saturated carbocycles. The highest BCUT2D eigenvalue weighted by Gasteiger charge is 2.21. The fourth-order valence-corrected chi connectivity index (χ4v) is 1.36. The molecule has 0 fully saturated rings. The second-order valence-corrected chi connectivity index (χ2v) is 3.09. The van der Waals surface area contributed by atoms with Gasteiger partial charge in [0.15, 0.2) is 0 Å². The maximum Gasteiger partial charge on any atom is -0.0109 e. The molecule has 1 aliphatic carbocycles. The average molecular weight is 122 g/mol. The van der Waals surface area contributed by atoms with Crippen LogP contribution in [0.15, 0.2) is 24.8 Å². The molecule has 0 saturated heterocycles. The summed E-state index contributed by atoms with van der Waals surface area (Å²) in [5, 5.41) is 0. The highest BCUT2D eigenvalue weighted by molar-refractivity contribution is 5.06. The fraction of sp³-hybridized carbons (Fsp3) is 0.556. The minimum Gasteiger partial charge on any atom is -0.103 e. The van der Waals surface area contributed by atoms with Crippen LogP contribution in [-0.2, 0) is 0 Å². The van der Waals surface area contributed by atoms with Crippen LogP contribution < -0.4 is 0 Å².